The van der Waals surface area contributed by atoms with E-state index in [2.05, 4.69) is 112 Å². The van der Waals surface area contributed by atoms with Gasteiger partial charge in [-0.05, 0) is 83.4 Å². The molecule has 0 amide bonds. The van der Waals surface area contributed by atoms with Gasteiger partial charge in [-0.25, -0.2) is 0 Å². The average Bonchev–Trinajstić information content (AvgIpc) is 3.45. The molecule has 41 heavy (non-hydrogen) atoms. The molecule has 4 heteroatoms. The topological polar surface area (TPSA) is 52.9 Å². The van der Waals surface area contributed by atoms with Crippen molar-refractivity contribution in [3.8, 4) is 11.5 Å². The highest BCUT2D eigenvalue weighted by atomic mass is 16.5. The highest BCUT2D eigenvalue weighted by Crippen LogP contribution is 2.50. The minimum Gasteiger partial charge on any atom is -0.505 e. The Labute approximate surface area is 251 Å². The third kappa shape index (κ3) is 6.74. The zero-order chi connectivity index (χ0) is 31.0. The van der Waals surface area contributed by atoms with Crippen LogP contribution in [0.5, 0.6) is 11.5 Å². The van der Waals surface area contributed by atoms with E-state index >= 15 is 0 Å². The number of phenols is 2. The fourth-order valence-electron chi connectivity index (χ4n) is 5.57. The van der Waals surface area contributed by atoms with Crippen molar-refractivity contribution < 1.29 is 14.9 Å². The summed E-state index contributed by atoms with van der Waals surface area (Å²) in [6.07, 6.45) is 5.81. The minimum atomic E-state index is -0.211. The van der Waals surface area contributed by atoms with E-state index in [4.69, 9.17) is 4.74 Å². The molecule has 3 rings (SSSR count). The Morgan fingerprint density at radius 2 is 1.05 bits per heavy atom. The van der Waals surface area contributed by atoms with Gasteiger partial charge >= 0.3 is 0 Å². The van der Waals surface area contributed by atoms with E-state index in [1.54, 1.807) is 0 Å². The van der Waals surface area contributed by atoms with E-state index in [9.17, 15) is 10.2 Å². The summed E-state index contributed by atoms with van der Waals surface area (Å²) in [5.41, 5.74) is 5.31. The smallest absolute Gasteiger partial charge is 0.142 e. The van der Waals surface area contributed by atoms with E-state index in [1.165, 1.54) is 11.1 Å². The average molecular weight is 566 g/mol. The van der Waals surface area contributed by atoms with Crippen molar-refractivity contribution in [2.24, 2.45) is 0 Å². The lowest BCUT2D eigenvalue weighted by atomic mass is 9.75. The predicted octanol–water partition coefficient (Wildman–Crippen LogP) is 10.2. The van der Waals surface area contributed by atoms with Crippen LogP contribution in [0.3, 0.4) is 0 Å². The Balaban J connectivity index is 2.46. The van der Waals surface area contributed by atoms with Gasteiger partial charge in [0.05, 0.1) is 17.5 Å². The standard InChI is InChI=1S/C37H59NO3/c1-13-34(5,6)25-20-28(36(9,10)15-3)32(39)30(22-25)38(24-27-18-17-19-41-27)31-23-26(35(7,8)14-2)21-29(33(31)40)37(11,12)16-4/h20-23,27,39-40H,13-19,24H2,1-12H3. The highest BCUT2D eigenvalue weighted by molar-refractivity contribution is 5.78. The largest absolute Gasteiger partial charge is 0.505 e. The van der Waals surface area contributed by atoms with Gasteiger partial charge in [0.2, 0.25) is 0 Å². The molecule has 0 aliphatic carbocycles. The van der Waals surface area contributed by atoms with E-state index in [0.29, 0.717) is 18.0 Å². The Hall–Kier alpha value is -2.20. The number of nitrogens with zero attached hydrogens (tertiary/aromatic N) is 1. The molecule has 1 fully saturated rings. The fraction of sp³-hybridized carbons (Fsp3) is 0.676. The van der Waals surface area contributed by atoms with Crippen LogP contribution >= 0.6 is 0 Å². The number of hydrogen-bond donors (Lipinski definition) is 2. The first-order valence-corrected chi connectivity index (χ1v) is 16.1. The maximum atomic E-state index is 12.1. The van der Waals surface area contributed by atoms with Crippen molar-refractivity contribution >= 4 is 11.4 Å². The lowest BCUT2D eigenvalue weighted by Gasteiger charge is -2.37. The summed E-state index contributed by atoms with van der Waals surface area (Å²) in [5.74, 6) is 0.614. The quantitative estimate of drug-likeness (QED) is 0.269. The first-order chi connectivity index (χ1) is 19.0. The Kier molecular flexibility index (Phi) is 9.90. The van der Waals surface area contributed by atoms with Crippen molar-refractivity contribution in [3.63, 3.8) is 0 Å². The molecule has 1 saturated heterocycles. The molecule has 2 aromatic rings. The Morgan fingerprint density at radius 1 is 0.659 bits per heavy atom. The van der Waals surface area contributed by atoms with E-state index in [-0.39, 0.29) is 27.8 Å². The Morgan fingerprint density at radius 3 is 1.37 bits per heavy atom. The molecule has 1 atom stereocenters. The summed E-state index contributed by atoms with van der Waals surface area (Å²) in [6, 6.07) is 8.78. The minimum absolute atomic E-state index is 0.0322. The van der Waals surface area contributed by atoms with Gasteiger partial charge in [-0.2, -0.15) is 0 Å². The van der Waals surface area contributed by atoms with E-state index < -0.39 is 0 Å². The third-order valence-electron chi connectivity index (χ3n) is 10.7. The first-order valence-electron chi connectivity index (χ1n) is 16.1. The van der Waals surface area contributed by atoms with Gasteiger partial charge < -0.3 is 19.8 Å². The van der Waals surface area contributed by atoms with Crippen LogP contribution in [-0.2, 0) is 26.4 Å². The van der Waals surface area contributed by atoms with Crippen LogP contribution in [0.2, 0.25) is 0 Å². The summed E-state index contributed by atoms with van der Waals surface area (Å²) < 4.78 is 6.18. The van der Waals surface area contributed by atoms with Crippen molar-refractivity contribution in [2.45, 2.75) is 149 Å². The summed E-state index contributed by atoms with van der Waals surface area (Å²) >= 11 is 0. The zero-order valence-corrected chi connectivity index (χ0v) is 28.3. The van der Waals surface area contributed by atoms with Gasteiger partial charge in [0.25, 0.3) is 0 Å². The van der Waals surface area contributed by atoms with Crippen LogP contribution in [0, 0.1) is 0 Å². The highest BCUT2D eigenvalue weighted by Gasteiger charge is 2.35. The SMILES string of the molecule is CCC(C)(C)c1cc(N(CC2CCCO2)c2cc(C(C)(C)CC)cc(C(C)(C)CC)c2O)c(O)c(C(C)(C)CC)c1. The maximum Gasteiger partial charge on any atom is 0.142 e. The van der Waals surface area contributed by atoms with Gasteiger partial charge in [-0.1, -0.05) is 95.2 Å². The monoisotopic (exact) mass is 565 g/mol. The van der Waals surface area contributed by atoms with Crippen LogP contribution in [0.1, 0.15) is 144 Å². The second kappa shape index (κ2) is 12.2. The number of benzene rings is 2. The number of hydrogen-bond acceptors (Lipinski definition) is 4. The molecule has 230 valence electrons. The summed E-state index contributed by atoms with van der Waals surface area (Å²) in [7, 11) is 0. The Bertz CT molecular complexity index is 1120. The van der Waals surface area contributed by atoms with Crippen molar-refractivity contribution in [3.05, 3.63) is 46.5 Å². The molecule has 0 spiro atoms. The van der Waals surface area contributed by atoms with Gasteiger partial charge in [0, 0.05) is 24.3 Å². The van der Waals surface area contributed by atoms with Crippen molar-refractivity contribution in [1.82, 2.24) is 0 Å². The lowest BCUT2D eigenvalue weighted by molar-refractivity contribution is 0.117. The number of ether oxygens (including phenoxy) is 1. The number of aromatic hydroxyl groups is 2. The van der Waals surface area contributed by atoms with Crippen molar-refractivity contribution in [1.29, 1.82) is 0 Å². The number of rotatable bonds is 12. The molecule has 4 nitrogen and oxygen atoms in total. The van der Waals surface area contributed by atoms with E-state index in [0.717, 1.165) is 67.6 Å². The van der Waals surface area contributed by atoms with Crippen LogP contribution in [-0.4, -0.2) is 29.5 Å². The molecule has 1 aliphatic heterocycles. The van der Waals surface area contributed by atoms with Gasteiger partial charge in [0.15, 0.2) is 0 Å². The van der Waals surface area contributed by atoms with E-state index in [1.807, 2.05) is 0 Å². The molecule has 2 N–H and O–H groups in total. The molecule has 0 saturated carbocycles. The molecule has 0 aromatic heterocycles. The first kappa shape index (κ1) is 33.3. The van der Waals surface area contributed by atoms with Crippen molar-refractivity contribution in [2.75, 3.05) is 18.1 Å². The second-order valence-electron chi connectivity index (χ2n) is 15.0. The van der Waals surface area contributed by atoms with Gasteiger partial charge in [-0.15, -0.1) is 0 Å². The normalized spacial score (nSPS) is 16.8. The summed E-state index contributed by atoms with van der Waals surface area (Å²) in [5, 5.41) is 24.2. The third-order valence-corrected chi connectivity index (χ3v) is 10.7. The van der Waals surface area contributed by atoms with Gasteiger partial charge in [0.1, 0.15) is 11.5 Å². The fourth-order valence-corrected chi connectivity index (χ4v) is 5.57. The molecule has 0 radical (unpaired) electrons. The number of anilines is 2. The van der Waals surface area contributed by atoms with Crippen LogP contribution < -0.4 is 4.90 Å². The summed E-state index contributed by atoms with van der Waals surface area (Å²) in [4.78, 5) is 2.18. The van der Waals surface area contributed by atoms with Crippen LogP contribution in [0.4, 0.5) is 11.4 Å². The second-order valence-corrected chi connectivity index (χ2v) is 15.0. The zero-order valence-electron chi connectivity index (χ0n) is 28.3. The molecular formula is C37H59NO3. The summed E-state index contributed by atoms with van der Waals surface area (Å²) in [6.45, 7) is 28.1. The molecule has 1 aliphatic rings. The molecule has 2 aromatic carbocycles. The molecular weight excluding hydrogens is 506 g/mol. The van der Waals surface area contributed by atoms with Gasteiger partial charge in [-0.3, -0.25) is 0 Å². The predicted molar refractivity (Wildman–Crippen MR) is 175 cm³/mol. The number of phenolic OH excluding ortho intramolecular Hbond substituents is 2. The maximum absolute atomic E-state index is 12.1. The lowest BCUT2D eigenvalue weighted by Crippen LogP contribution is -2.31. The van der Waals surface area contributed by atoms with Crippen LogP contribution in [0.15, 0.2) is 24.3 Å². The van der Waals surface area contributed by atoms with Crippen LogP contribution in [0.25, 0.3) is 0 Å². The molecule has 0 bridgehead atoms. The molecule has 1 unspecified atom stereocenters. The molecule has 1 heterocycles.